The van der Waals surface area contributed by atoms with E-state index in [4.69, 9.17) is 0 Å². The van der Waals surface area contributed by atoms with Gasteiger partial charge in [-0.2, -0.15) is 0 Å². The predicted molar refractivity (Wildman–Crippen MR) is 101 cm³/mol. The molecule has 1 atom stereocenters. The second-order valence-corrected chi connectivity index (χ2v) is 6.79. The number of aromatic nitrogens is 1. The lowest BCUT2D eigenvalue weighted by atomic mass is 9.99. The second-order valence-electron chi connectivity index (χ2n) is 6.79. The van der Waals surface area contributed by atoms with Gasteiger partial charge in [0.25, 0.3) is 11.8 Å². The third kappa shape index (κ3) is 4.51. The van der Waals surface area contributed by atoms with Gasteiger partial charge in [0, 0.05) is 37.1 Å². The Morgan fingerprint density at radius 2 is 2.00 bits per heavy atom. The molecule has 1 aliphatic heterocycles. The van der Waals surface area contributed by atoms with Crippen LogP contribution >= 0.6 is 0 Å². The molecule has 0 saturated carbocycles. The average Bonchev–Trinajstić information content (AvgIpc) is 2.72. The molecule has 6 heteroatoms. The molecule has 1 fully saturated rings. The molecule has 0 aliphatic carbocycles. The zero-order valence-electron chi connectivity index (χ0n) is 15.5. The number of nitrogens with one attached hydrogen (secondary N) is 1. The van der Waals surface area contributed by atoms with Crippen LogP contribution in [0.5, 0.6) is 0 Å². The number of halogens is 1. The van der Waals surface area contributed by atoms with E-state index in [1.165, 1.54) is 18.5 Å². The summed E-state index contributed by atoms with van der Waals surface area (Å²) in [6, 6.07) is 8.09. The van der Waals surface area contributed by atoms with Gasteiger partial charge >= 0.3 is 0 Å². The molecule has 1 aliphatic rings. The molecule has 2 aromatic rings. The Morgan fingerprint density at radius 3 is 2.78 bits per heavy atom. The highest BCUT2D eigenvalue weighted by atomic mass is 19.1. The predicted octanol–water partition coefficient (Wildman–Crippen LogP) is 3.56. The molecule has 2 heterocycles. The van der Waals surface area contributed by atoms with E-state index in [0.717, 1.165) is 32.2 Å². The highest BCUT2D eigenvalue weighted by molar-refractivity contribution is 5.99. The molecule has 0 radical (unpaired) electrons. The number of hydrogen-bond acceptors (Lipinski definition) is 3. The molecule has 27 heavy (non-hydrogen) atoms. The van der Waals surface area contributed by atoms with Crippen molar-refractivity contribution in [2.75, 3.05) is 6.54 Å². The summed E-state index contributed by atoms with van der Waals surface area (Å²) in [5.74, 6) is -0.834. The largest absolute Gasteiger partial charge is 0.348 e. The first kappa shape index (κ1) is 19.0. The topological polar surface area (TPSA) is 62.3 Å². The van der Waals surface area contributed by atoms with Crippen molar-refractivity contribution in [2.45, 2.75) is 45.2 Å². The molecule has 3 rings (SSSR count). The number of pyridine rings is 1. The minimum Gasteiger partial charge on any atom is -0.348 e. The molecule has 1 saturated heterocycles. The van der Waals surface area contributed by atoms with Crippen LogP contribution < -0.4 is 5.32 Å². The maximum Gasteiger partial charge on any atom is 0.255 e. The Hall–Kier alpha value is -2.76. The lowest BCUT2D eigenvalue weighted by molar-refractivity contribution is 0.0607. The first-order chi connectivity index (χ1) is 13.1. The van der Waals surface area contributed by atoms with E-state index < -0.39 is 0 Å². The highest BCUT2D eigenvalue weighted by Crippen LogP contribution is 2.22. The van der Waals surface area contributed by atoms with E-state index in [2.05, 4.69) is 17.2 Å². The average molecular weight is 369 g/mol. The minimum absolute atomic E-state index is 0.0771. The quantitative estimate of drug-likeness (QED) is 0.877. The molecule has 5 nitrogen and oxygen atoms in total. The van der Waals surface area contributed by atoms with Gasteiger partial charge in [-0.05, 0) is 37.8 Å². The Morgan fingerprint density at radius 1 is 1.22 bits per heavy atom. The van der Waals surface area contributed by atoms with E-state index >= 15 is 0 Å². The maximum absolute atomic E-state index is 13.7. The molecular weight excluding hydrogens is 345 g/mol. The summed E-state index contributed by atoms with van der Waals surface area (Å²) in [4.78, 5) is 31.2. The van der Waals surface area contributed by atoms with Gasteiger partial charge in [-0.25, -0.2) is 4.39 Å². The molecule has 0 bridgehead atoms. The van der Waals surface area contributed by atoms with E-state index in [-0.39, 0.29) is 30.2 Å². The Balaban J connectivity index is 1.70. The van der Waals surface area contributed by atoms with E-state index in [0.29, 0.717) is 16.7 Å². The van der Waals surface area contributed by atoms with Gasteiger partial charge in [0.05, 0.1) is 11.1 Å². The Kier molecular flexibility index (Phi) is 6.16. The van der Waals surface area contributed by atoms with Crippen molar-refractivity contribution in [1.82, 2.24) is 15.2 Å². The number of piperidine rings is 1. The minimum atomic E-state index is -0.383. The summed E-state index contributed by atoms with van der Waals surface area (Å²) in [6.45, 7) is 2.90. The van der Waals surface area contributed by atoms with Crippen LogP contribution in [-0.4, -0.2) is 34.3 Å². The third-order valence-electron chi connectivity index (χ3n) is 5.00. The smallest absolute Gasteiger partial charge is 0.255 e. The fraction of sp³-hybridized carbons (Fsp3) is 0.381. The van der Waals surface area contributed by atoms with Crippen molar-refractivity contribution in [3.8, 4) is 0 Å². The SMILES string of the molecule is CCC1CCCCN1C(=O)c1cncc(C(=O)NCc2ccccc2F)c1. The third-order valence-corrected chi connectivity index (χ3v) is 5.00. The van der Waals surface area contributed by atoms with Crippen molar-refractivity contribution in [2.24, 2.45) is 0 Å². The van der Waals surface area contributed by atoms with E-state index in [1.54, 1.807) is 24.3 Å². The van der Waals surface area contributed by atoms with Crippen LogP contribution in [0.15, 0.2) is 42.7 Å². The first-order valence-electron chi connectivity index (χ1n) is 9.37. The van der Waals surface area contributed by atoms with Crippen molar-refractivity contribution in [1.29, 1.82) is 0 Å². The number of carbonyl (C=O) groups excluding carboxylic acids is 2. The molecule has 0 spiro atoms. The van der Waals surface area contributed by atoms with Crippen molar-refractivity contribution >= 4 is 11.8 Å². The zero-order chi connectivity index (χ0) is 19.2. The van der Waals surface area contributed by atoms with Crippen LogP contribution in [-0.2, 0) is 6.54 Å². The van der Waals surface area contributed by atoms with Crippen LogP contribution in [0.4, 0.5) is 4.39 Å². The fourth-order valence-corrected chi connectivity index (χ4v) is 3.46. The summed E-state index contributed by atoms with van der Waals surface area (Å²) in [5.41, 5.74) is 1.11. The second kappa shape index (κ2) is 8.75. The molecule has 142 valence electrons. The number of rotatable bonds is 5. The fourth-order valence-electron chi connectivity index (χ4n) is 3.46. The van der Waals surface area contributed by atoms with Gasteiger partial charge in [0.15, 0.2) is 0 Å². The summed E-state index contributed by atoms with van der Waals surface area (Å²) in [6.07, 6.45) is 6.98. The lowest BCUT2D eigenvalue weighted by Gasteiger charge is -2.35. The van der Waals surface area contributed by atoms with Gasteiger partial charge in [-0.15, -0.1) is 0 Å². The summed E-state index contributed by atoms with van der Waals surface area (Å²) >= 11 is 0. The number of benzene rings is 1. The van der Waals surface area contributed by atoms with E-state index in [1.807, 2.05) is 4.90 Å². The Labute approximate surface area is 158 Å². The molecule has 1 aromatic heterocycles. The number of nitrogens with zero attached hydrogens (tertiary/aromatic N) is 2. The lowest BCUT2D eigenvalue weighted by Crippen LogP contribution is -2.43. The summed E-state index contributed by atoms with van der Waals surface area (Å²) in [5, 5.41) is 2.68. The number of carbonyl (C=O) groups is 2. The van der Waals surface area contributed by atoms with Crippen molar-refractivity contribution in [3.05, 3.63) is 65.2 Å². The van der Waals surface area contributed by atoms with Crippen molar-refractivity contribution < 1.29 is 14.0 Å². The molecular formula is C21H24FN3O2. The van der Waals surface area contributed by atoms with Crippen LogP contribution in [0.3, 0.4) is 0 Å². The zero-order valence-corrected chi connectivity index (χ0v) is 15.5. The Bertz CT molecular complexity index is 825. The highest BCUT2D eigenvalue weighted by Gasteiger charge is 2.26. The molecule has 1 unspecified atom stereocenters. The number of hydrogen-bond donors (Lipinski definition) is 1. The maximum atomic E-state index is 13.7. The first-order valence-corrected chi connectivity index (χ1v) is 9.37. The van der Waals surface area contributed by atoms with Crippen molar-refractivity contribution in [3.63, 3.8) is 0 Å². The van der Waals surface area contributed by atoms with Gasteiger partial charge < -0.3 is 10.2 Å². The van der Waals surface area contributed by atoms with Gasteiger partial charge in [-0.3, -0.25) is 14.6 Å². The van der Waals surface area contributed by atoms with Crippen LogP contribution in [0.2, 0.25) is 0 Å². The number of amides is 2. The standard InChI is InChI=1S/C21H24FN3O2/c1-2-18-8-5-6-10-25(18)21(27)17-11-16(12-23-13-17)20(26)24-14-15-7-3-4-9-19(15)22/h3-4,7,9,11-13,18H,2,5-6,8,10,14H2,1H3,(H,24,26). The van der Waals surface area contributed by atoms with Crippen LogP contribution in [0.25, 0.3) is 0 Å². The molecule has 2 amide bonds. The monoisotopic (exact) mass is 369 g/mol. The van der Waals surface area contributed by atoms with E-state index in [9.17, 15) is 14.0 Å². The summed E-state index contributed by atoms with van der Waals surface area (Å²) in [7, 11) is 0. The van der Waals surface area contributed by atoms with Gasteiger partial charge in [-0.1, -0.05) is 25.1 Å². The summed E-state index contributed by atoms with van der Waals surface area (Å²) < 4.78 is 13.7. The van der Waals surface area contributed by atoms with Crippen LogP contribution in [0.1, 0.15) is 58.9 Å². The van der Waals surface area contributed by atoms with Gasteiger partial charge in [0.1, 0.15) is 5.82 Å². The number of likely N-dealkylation sites (tertiary alicyclic amines) is 1. The molecule has 1 aromatic carbocycles. The molecule has 1 N–H and O–H groups in total. The van der Waals surface area contributed by atoms with Crippen LogP contribution in [0, 0.1) is 5.82 Å². The van der Waals surface area contributed by atoms with Gasteiger partial charge in [0.2, 0.25) is 0 Å². The normalized spacial score (nSPS) is 16.8.